The summed E-state index contributed by atoms with van der Waals surface area (Å²) in [5.74, 6) is -2.89. The molecule has 6 N–H and O–H groups in total. The third-order valence-electron chi connectivity index (χ3n) is 12.9. The van der Waals surface area contributed by atoms with Crippen molar-refractivity contribution in [3.8, 4) is 0 Å². The van der Waals surface area contributed by atoms with Gasteiger partial charge < -0.3 is 59.4 Å². The Morgan fingerprint density at radius 1 is 0.903 bits per heavy atom. The number of hydrogen-bond acceptors (Lipinski definition) is 15. The molecule has 2 bridgehead atoms. The molecule has 1 saturated carbocycles. The maximum Gasteiger partial charge on any atom is 0.327 e. The first-order valence-corrected chi connectivity index (χ1v) is 21.1. The Hall–Kier alpha value is -4.63. The fraction of sp³-hybridized carbons (Fsp3) is 0.489. The summed E-state index contributed by atoms with van der Waals surface area (Å²) in [6.07, 6.45) is -6.15. The van der Waals surface area contributed by atoms with E-state index in [9.17, 15) is 35.1 Å². The highest BCUT2D eigenvalue weighted by atomic mass is 16.8. The van der Waals surface area contributed by atoms with Crippen molar-refractivity contribution in [3.05, 3.63) is 113 Å². The summed E-state index contributed by atoms with van der Waals surface area (Å²) in [7, 11) is 0. The Morgan fingerprint density at radius 3 is 2.34 bits per heavy atom. The van der Waals surface area contributed by atoms with Crippen molar-refractivity contribution in [2.45, 2.75) is 98.8 Å². The number of carbonyl (C=O) groups excluding carboxylic acids is 3. The average Bonchev–Trinajstić information content (AvgIpc) is 4.04. The van der Waals surface area contributed by atoms with Gasteiger partial charge in [-0.25, -0.2) is 0 Å². The van der Waals surface area contributed by atoms with Gasteiger partial charge in [0, 0.05) is 30.6 Å². The van der Waals surface area contributed by atoms with Crippen molar-refractivity contribution >= 4 is 23.9 Å². The highest BCUT2D eigenvalue weighted by Gasteiger charge is 2.77. The number of nitrogens with zero attached hydrogens (tertiary/aromatic N) is 2. The number of rotatable bonds is 13. The molecule has 12 atom stereocenters. The Labute approximate surface area is 357 Å². The number of esters is 1. The first kappa shape index (κ1) is 42.7. The van der Waals surface area contributed by atoms with Crippen LogP contribution in [-0.2, 0) is 55.2 Å². The fourth-order valence-corrected chi connectivity index (χ4v) is 10.0. The van der Waals surface area contributed by atoms with Crippen molar-refractivity contribution in [1.82, 2.24) is 15.3 Å². The quantitative estimate of drug-likeness (QED) is 0.126. The standard InChI is InChI=1S/C45H51N3O14/c49-20-18-46-40(54)30-17-8-19-47(30)43(56)44-23-31-36-37(61-45(60-36,28-13-3-1-4-14-28)29-15-5-2-6-16-29)39(44)62-48(38(44)41(55)58-31)24-27-11-7-10-26(22-27)12-9-21-57-42-35(53)34(52)33(51)32(25-50)59-42/h1-7,9-16,22,30-39,42,49-53H,8,17-21,23-25H2,(H,46,54)/t30-,31-,32-,33+,34+,35-,36+,37+,38+,39-,42+,44+/m1/s1. The van der Waals surface area contributed by atoms with Gasteiger partial charge in [-0.05, 0) is 24.0 Å². The van der Waals surface area contributed by atoms with Crippen molar-refractivity contribution in [2.75, 3.05) is 32.9 Å². The number of nitrogens with one attached hydrogen (secondary N) is 1. The molecule has 330 valence electrons. The molecule has 0 spiro atoms. The minimum absolute atomic E-state index is 0.0363. The monoisotopic (exact) mass is 857 g/mol. The molecule has 0 unspecified atom stereocenters. The van der Waals surface area contributed by atoms with Crippen LogP contribution in [0.4, 0.5) is 0 Å². The van der Waals surface area contributed by atoms with Crippen LogP contribution >= 0.6 is 0 Å². The number of amides is 2. The summed E-state index contributed by atoms with van der Waals surface area (Å²) in [4.78, 5) is 51.7. The molecule has 1 aliphatic carbocycles. The van der Waals surface area contributed by atoms with Gasteiger partial charge in [-0.15, -0.1) is 0 Å². The van der Waals surface area contributed by atoms with E-state index in [1.165, 1.54) is 5.06 Å². The van der Waals surface area contributed by atoms with E-state index in [0.29, 0.717) is 24.0 Å². The number of carbonyl (C=O) groups is 3. The minimum Gasteiger partial charge on any atom is -0.458 e. The van der Waals surface area contributed by atoms with Crippen molar-refractivity contribution in [1.29, 1.82) is 0 Å². The molecule has 17 nitrogen and oxygen atoms in total. The van der Waals surface area contributed by atoms with Crippen molar-refractivity contribution < 1.29 is 68.4 Å². The number of likely N-dealkylation sites (tertiary alicyclic amines) is 1. The Morgan fingerprint density at radius 2 is 1.63 bits per heavy atom. The van der Waals surface area contributed by atoms with E-state index in [0.717, 1.165) is 11.1 Å². The molecule has 5 aliphatic heterocycles. The average molecular weight is 858 g/mol. The Balaban J connectivity index is 1.02. The number of benzene rings is 3. The molecule has 5 heterocycles. The van der Waals surface area contributed by atoms with Gasteiger partial charge in [-0.3, -0.25) is 19.2 Å². The SMILES string of the molecule is O=C(NCCO)[C@H]1CCCN1C(=O)[C@@]12C[C@H]3OC(=O)[C@@H]1N(Cc1cccc(C=CCO[C@H]4O[C@H](CO)[C@H](O)[C@H](O)[C@H]4O)c1)O[C@@H]2[C@H]1OC(c2ccccc2)(c2ccccc2)O[C@H]13. The summed E-state index contributed by atoms with van der Waals surface area (Å²) >= 11 is 0. The lowest BCUT2D eigenvalue weighted by atomic mass is 9.62. The Kier molecular flexibility index (Phi) is 12.0. The van der Waals surface area contributed by atoms with Gasteiger partial charge in [0.1, 0.15) is 60.3 Å². The van der Waals surface area contributed by atoms with Gasteiger partial charge in [0.25, 0.3) is 0 Å². The van der Waals surface area contributed by atoms with Crippen LogP contribution in [0, 0.1) is 5.41 Å². The lowest BCUT2D eigenvalue weighted by molar-refractivity contribution is -0.298. The molecule has 17 heteroatoms. The van der Waals surface area contributed by atoms with E-state index in [2.05, 4.69) is 5.32 Å². The molecule has 2 amide bonds. The summed E-state index contributed by atoms with van der Waals surface area (Å²) in [6.45, 7) is -0.496. The predicted molar refractivity (Wildman–Crippen MR) is 215 cm³/mol. The van der Waals surface area contributed by atoms with Crippen LogP contribution in [0.25, 0.3) is 6.08 Å². The first-order valence-electron chi connectivity index (χ1n) is 21.1. The van der Waals surface area contributed by atoms with Gasteiger partial charge in [-0.2, -0.15) is 5.06 Å². The smallest absolute Gasteiger partial charge is 0.327 e. The number of aliphatic hydroxyl groups is 5. The zero-order valence-electron chi connectivity index (χ0n) is 33.8. The van der Waals surface area contributed by atoms with Gasteiger partial charge >= 0.3 is 5.97 Å². The Bertz CT molecular complexity index is 2090. The van der Waals surface area contributed by atoms with Gasteiger partial charge in [0.05, 0.1) is 26.4 Å². The van der Waals surface area contributed by atoms with Crippen LogP contribution in [0.5, 0.6) is 0 Å². The maximum absolute atomic E-state index is 15.4. The molecule has 9 rings (SSSR count). The molecular formula is C45H51N3O14. The summed E-state index contributed by atoms with van der Waals surface area (Å²) in [5, 5.41) is 53.7. The summed E-state index contributed by atoms with van der Waals surface area (Å²) < 4.78 is 31.3. The molecule has 5 saturated heterocycles. The number of hydroxylamine groups is 2. The largest absolute Gasteiger partial charge is 0.458 e. The number of hydrogen-bond donors (Lipinski definition) is 6. The topological polar surface area (TPSA) is 226 Å². The highest BCUT2D eigenvalue weighted by Crippen LogP contribution is 2.60. The number of aliphatic hydroxyl groups excluding tert-OH is 5. The molecule has 6 fully saturated rings. The second-order valence-corrected chi connectivity index (χ2v) is 16.6. The van der Waals surface area contributed by atoms with Gasteiger partial charge in [0.2, 0.25) is 17.6 Å². The van der Waals surface area contributed by atoms with E-state index < -0.39 is 96.9 Å². The second-order valence-electron chi connectivity index (χ2n) is 16.6. The normalized spacial score (nSPS) is 34.9. The fourth-order valence-electron chi connectivity index (χ4n) is 10.0. The number of fused-ring (bicyclic) bond motifs is 4. The third-order valence-corrected chi connectivity index (χ3v) is 12.9. The van der Waals surface area contributed by atoms with E-state index in [1.54, 1.807) is 17.1 Å². The number of ether oxygens (including phenoxy) is 5. The summed E-state index contributed by atoms with van der Waals surface area (Å²) in [6, 6.07) is 24.3. The second kappa shape index (κ2) is 17.5. The lowest BCUT2D eigenvalue weighted by Gasteiger charge is -2.50. The van der Waals surface area contributed by atoms with Crippen molar-refractivity contribution in [2.24, 2.45) is 5.41 Å². The third kappa shape index (κ3) is 7.34. The predicted octanol–water partition coefficient (Wildman–Crippen LogP) is 0.101. The zero-order chi connectivity index (χ0) is 43.2. The molecule has 62 heavy (non-hydrogen) atoms. The highest BCUT2D eigenvalue weighted by molar-refractivity contribution is 5.96. The molecule has 3 aromatic rings. The zero-order valence-corrected chi connectivity index (χ0v) is 33.8. The molecule has 0 aromatic heterocycles. The van der Waals surface area contributed by atoms with Crippen LogP contribution in [0.1, 0.15) is 41.5 Å². The maximum atomic E-state index is 15.4. The van der Waals surface area contributed by atoms with Crippen molar-refractivity contribution in [3.63, 3.8) is 0 Å². The molecule has 0 radical (unpaired) electrons. The van der Waals surface area contributed by atoms with Crippen LogP contribution in [-0.4, -0.2) is 153 Å². The van der Waals surface area contributed by atoms with Gasteiger partial charge in [0.15, 0.2) is 12.3 Å². The van der Waals surface area contributed by atoms with Crippen LogP contribution < -0.4 is 5.32 Å². The van der Waals surface area contributed by atoms with E-state index in [4.69, 9.17) is 28.5 Å². The first-order chi connectivity index (χ1) is 30.1. The van der Waals surface area contributed by atoms with E-state index >= 15 is 4.79 Å². The molecule has 6 aliphatic rings. The van der Waals surface area contributed by atoms with E-state index in [-0.39, 0.29) is 45.2 Å². The van der Waals surface area contributed by atoms with Crippen LogP contribution in [0.2, 0.25) is 0 Å². The molecule has 3 aromatic carbocycles. The van der Waals surface area contributed by atoms with Crippen LogP contribution in [0.15, 0.2) is 91.0 Å². The lowest BCUT2D eigenvalue weighted by Crippen LogP contribution is -2.70. The molecular weight excluding hydrogens is 807 g/mol. The van der Waals surface area contributed by atoms with Crippen LogP contribution in [0.3, 0.4) is 0 Å². The summed E-state index contributed by atoms with van der Waals surface area (Å²) in [5.41, 5.74) is 1.34. The minimum atomic E-state index is -1.56. The van der Waals surface area contributed by atoms with E-state index in [1.807, 2.05) is 84.9 Å². The van der Waals surface area contributed by atoms with Gasteiger partial charge in [-0.1, -0.05) is 97.1 Å².